The number of aromatic nitrogens is 1. The van der Waals surface area contributed by atoms with Gasteiger partial charge in [0.25, 0.3) is 5.91 Å². The van der Waals surface area contributed by atoms with Crippen LogP contribution in [0.15, 0.2) is 47.1 Å². The molecule has 4 nitrogen and oxygen atoms in total. The van der Waals surface area contributed by atoms with Gasteiger partial charge in [-0.05, 0) is 39.7 Å². The molecule has 2 N–H and O–H groups in total. The fourth-order valence-corrected chi connectivity index (χ4v) is 1.94. The van der Waals surface area contributed by atoms with Crippen molar-refractivity contribution in [1.29, 1.82) is 0 Å². The van der Waals surface area contributed by atoms with E-state index in [0.717, 1.165) is 10.0 Å². The Labute approximate surface area is 120 Å². The highest BCUT2D eigenvalue weighted by Crippen LogP contribution is 2.14. The fourth-order valence-electron chi connectivity index (χ4n) is 1.70. The van der Waals surface area contributed by atoms with Crippen LogP contribution in [0.1, 0.15) is 16.1 Å². The topological polar surface area (TPSA) is 59.2 Å². The molecule has 0 fully saturated rings. The van der Waals surface area contributed by atoms with E-state index in [0.29, 0.717) is 17.9 Å². The lowest BCUT2D eigenvalue weighted by Gasteiger charge is -2.17. The Morgan fingerprint density at radius 2 is 2.05 bits per heavy atom. The number of pyridine rings is 1. The van der Waals surface area contributed by atoms with Gasteiger partial charge in [-0.25, -0.2) is 4.98 Å². The minimum atomic E-state index is -0.129. The number of rotatable bonds is 3. The van der Waals surface area contributed by atoms with Gasteiger partial charge in [-0.1, -0.05) is 18.2 Å². The van der Waals surface area contributed by atoms with E-state index in [1.165, 1.54) is 0 Å². The van der Waals surface area contributed by atoms with Crippen molar-refractivity contribution in [1.82, 2.24) is 9.88 Å². The van der Waals surface area contributed by atoms with Crippen LogP contribution in [0.3, 0.4) is 0 Å². The van der Waals surface area contributed by atoms with Crippen molar-refractivity contribution < 1.29 is 4.79 Å². The van der Waals surface area contributed by atoms with Crippen LogP contribution in [0, 0.1) is 0 Å². The van der Waals surface area contributed by atoms with E-state index in [-0.39, 0.29) is 5.91 Å². The summed E-state index contributed by atoms with van der Waals surface area (Å²) >= 11 is 3.29. The Morgan fingerprint density at radius 3 is 2.68 bits per heavy atom. The van der Waals surface area contributed by atoms with E-state index >= 15 is 0 Å². The summed E-state index contributed by atoms with van der Waals surface area (Å²) in [5.41, 5.74) is 7.90. The van der Waals surface area contributed by atoms with Crippen molar-refractivity contribution in [2.45, 2.75) is 6.54 Å². The van der Waals surface area contributed by atoms with Crippen LogP contribution < -0.4 is 5.73 Å². The largest absolute Gasteiger partial charge is 0.398 e. The summed E-state index contributed by atoms with van der Waals surface area (Å²) in [7, 11) is 1.73. The lowest BCUT2D eigenvalue weighted by Crippen LogP contribution is -2.27. The van der Waals surface area contributed by atoms with Gasteiger partial charge in [0.1, 0.15) is 5.69 Å². The van der Waals surface area contributed by atoms with E-state index in [1.807, 2.05) is 24.3 Å². The van der Waals surface area contributed by atoms with Crippen LogP contribution >= 0.6 is 15.9 Å². The van der Waals surface area contributed by atoms with Gasteiger partial charge in [0.15, 0.2) is 0 Å². The Bertz CT molecular complexity index is 583. The molecule has 0 atom stereocenters. The summed E-state index contributed by atoms with van der Waals surface area (Å²) in [6.45, 7) is 0.462. The van der Waals surface area contributed by atoms with Crippen molar-refractivity contribution >= 4 is 27.5 Å². The molecular formula is C14H14BrN3O. The molecule has 2 rings (SSSR count). The number of benzene rings is 1. The lowest BCUT2D eigenvalue weighted by atomic mass is 10.1. The Morgan fingerprint density at radius 1 is 1.32 bits per heavy atom. The number of nitrogens with two attached hydrogens (primary N) is 1. The second kappa shape index (κ2) is 5.84. The smallest absolute Gasteiger partial charge is 0.272 e. The number of amides is 1. The van der Waals surface area contributed by atoms with Crippen LogP contribution in [0.4, 0.5) is 5.69 Å². The average molecular weight is 320 g/mol. The quantitative estimate of drug-likeness (QED) is 0.885. The summed E-state index contributed by atoms with van der Waals surface area (Å²) in [5.74, 6) is -0.129. The molecule has 1 aromatic carbocycles. The SMILES string of the molecule is CN(Cc1ccccc1N)C(=O)c1ccc(Br)cn1. The van der Waals surface area contributed by atoms with E-state index in [1.54, 1.807) is 30.3 Å². The molecule has 1 heterocycles. The van der Waals surface area contributed by atoms with Crippen molar-refractivity contribution in [2.75, 3.05) is 12.8 Å². The lowest BCUT2D eigenvalue weighted by molar-refractivity contribution is 0.0779. The van der Waals surface area contributed by atoms with Crippen LogP contribution in [0.2, 0.25) is 0 Å². The van der Waals surface area contributed by atoms with E-state index in [9.17, 15) is 4.79 Å². The molecule has 0 spiro atoms. The Kier molecular flexibility index (Phi) is 4.16. The standard InChI is InChI=1S/C14H14BrN3O/c1-18(9-10-4-2-3-5-12(10)16)14(19)13-7-6-11(15)8-17-13/h2-8H,9,16H2,1H3. The molecule has 0 aliphatic rings. The zero-order chi connectivity index (χ0) is 13.8. The zero-order valence-electron chi connectivity index (χ0n) is 10.5. The molecule has 0 saturated heterocycles. The number of halogens is 1. The first-order valence-electron chi connectivity index (χ1n) is 5.78. The number of nitrogens with zero attached hydrogens (tertiary/aromatic N) is 2. The number of carbonyl (C=O) groups is 1. The Balaban J connectivity index is 2.12. The maximum absolute atomic E-state index is 12.2. The van der Waals surface area contributed by atoms with Crippen LogP contribution in [0.5, 0.6) is 0 Å². The molecule has 0 aliphatic heterocycles. The number of hydrogen-bond acceptors (Lipinski definition) is 3. The second-order valence-electron chi connectivity index (χ2n) is 4.22. The third kappa shape index (κ3) is 3.32. The van der Waals surface area contributed by atoms with Gasteiger partial charge >= 0.3 is 0 Å². The Hall–Kier alpha value is -1.88. The van der Waals surface area contributed by atoms with Gasteiger partial charge in [-0.3, -0.25) is 4.79 Å². The molecular weight excluding hydrogens is 306 g/mol. The van der Waals surface area contributed by atoms with Crippen molar-refractivity contribution in [2.24, 2.45) is 0 Å². The highest BCUT2D eigenvalue weighted by atomic mass is 79.9. The molecule has 0 saturated carbocycles. The van der Waals surface area contributed by atoms with Crippen LogP contribution in [0.25, 0.3) is 0 Å². The monoisotopic (exact) mass is 319 g/mol. The third-order valence-corrected chi connectivity index (χ3v) is 3.22. The summed E-state index contributed by atoms with van der Waals surface area (Å²) in [5, 5.41) is 0. The molecule has 2 aromatic rings. The minimum absolute atomic E-state index is 0.129. The number of anilines is 1. The molecule has 98 valence electrons. The van der Waals surface area contributed by atoms with Crippen LogP contribution in [-0.2, 0) is 6.54 Å². The molecule has 0 radical (unpaired) electrons. The summed E-state index contributed by atoms with van der Waals surface area (Å²) in [6.07, 6.45) is 1.61. The van der Waals surface area contributed by atoms with Gasteiger partial charge in [0, 0.05) is 29.9 Å². The normalized spacial score (nSPS) is 10.2. The number of nitrogen functional groups attached to an aromatic ring is 1. The number of para-hydroxylation sites is 1. The van der Waals surface area contributed by atoms with Crippen LogP contribution in [-0.4, -0.2) is 22.8 Å². The fraction of sp³-hybridized carbons (Fsp3) is 0.143. The van der Waals surface area contributed by atoms with Crippen molar-refractivity contribution in [3.63, 3.8) is 0 Å². The second-order valence-corrected chi connectivity index (χ2v) is 5.14. The summed E-state index contributed by atoms with van der Waals surface area (Å²) < 4.78 is 0.846. The number of hydrogen-bond donors (Lipinski definition) is 1. The van der Waals surface area contributed by atoms with Gasteiger partial charge in [0.05, 0.1) is 0 Å². The summed E-state index contributed by atoms with van der Waals surface area (Å²) in [6, 6.07) is 11.0. The van der Waals surface area contributed by atoms with Gasteiger partial charge < -0.3 is 10.6 Å². The molecule has 19 heavy (non-hydrogen) atoms. The molecule has 5 heteroatoms. The minimum Gasteiger partial charge on any atom is -0.398 e. The highest BCUT2D eigenvalue weighted by molar-refractivity contribution is 9.10. The molecule has 0 aliphatic carbocycles. The first-order chi connectivity index (χ1) is 9.08. The predicted molar refractivity (Wildman–Crippen MR) is 78.6 cm³/mol. The molecule has 0 bridgehead atoms. The van der Waals surface area contributed by atoms with E-state index in [2.05, 4.69) is 20.9 Å². The van der Waals surface area contributed by atoms with E-state index < -0.39 is 0 Å². The van der Waals surface area contributed by atoms with Gasteiger partial charge in [-0.2, -0.15) is 0 Å². The average Bonchev–Trinajstić information content (AvgIpc) is 2.41. The maximum Gasteiger partial charge on any atom is 0.272 e. The first-order valence-corrected chi connectivity index (χ1v) is 6.57. The van der Waals surface area contributed by atoms with Crippen molar-refractivity contribution in [3.05, 3.63) is 58.3 Å². The van der Waals surface area contributed by atoms with Gasteiger partial charge in [0.2, 0.25) is 0 Å². The van der Waals surface area contributed by atoms with Crippen molar-refractivity contribution in [3.8, 4) is 0 Å². The molecule has 1 amide bonds. The number of carbonyl (C=O) groups excluding carboxylic acids is 1. The molecule has 0 unspecified atom stereocenters. The summed E-state index contributed by atoms with van der Waals surface area (Å²) in [4.78, 5) is 17.9. The maximum atomic E-state index is 12.2. The van der Waals surface area contributed by atoms with E-state index in [4.69, 9.17) is 5.73 Å². The first kappa shape index (κ1) is 13.5. The molecule has 1 aromatic heterocycles. The van der Waals surface area contributed by atoms with Gasteiger partial charge in [-0.15, -0.1) is 0 Å². The highest BCUT2D eigenvalue weighted by Gasteiger charge is 2.14. The predicted octanol–water partition coefficient (Wildman–Crippen LogP) is 2.70. The zero-order valence-corrected chi connectivity index (χ0v) is 12.1. The third-order valence-electron chi connectivity index (χ3n) is 2.76.